The summed E-state index contributed by atoms with van der Waals surface area (Å²) >= 11 is 0. The molecule has 0 aliphatic heterocycles. The Morgan fingerprint density at radius 1 is 1.47 bits per heavy atom. The third-order valence-corrected chi connectivity index (χ3v) is 3.77. The van der Waals surface area contributed by atoms with Gasteiger partial charge in [-0.05, 0) is 37.5 Å². The molecule has 2 unspecified atom stereocenters. The van der Waals surface area contributed by atoms with E-state index in [0.29, 0.717) is 17.3 Å². The van der Waals surface area contributed by atoms with Gasteiger partial charge in [0.05, 0.1) is 0 Å². The monoisotopic (exact) mass is 233 g/mol. The van der Waals surface area contributed by atoms with Gasteiger partial charge in [-0.25, -0.2) is 0 Å². The van der Waals surface area contributed by atoms with Gasteiger partial charge in [0.25, 0.3) is 0 Å². The molecule has 0 amide bonds. The number of hydrogen-bond donors (Lipinski definition) is 1. The minimum atomic E-state index is 0.373. The molecule has 1 heteroatoms. The van der Waals surface area contributed by atoms with E-state index in [1.807, 2.05) is 6.92 Å². The summed E-state index contributed by atoms with van der Waals surface area (Å²) in [6, 6.07) is 0. The van der Waals surface area contributed by atoms with Crippen molar-refractivity contribution >= 4 is 0 Å². The maximum atomic E-state index is 3.86. The highest BCUT2D eigenvalue weighted by Gasteiger charge is 2.35. The minimum Gasteiger partial charge on any atom is -0.386 e. The third kappa shape index (κ3) is 3.76. The second-order valence-corrected chi connectivity index (χ2v) is 6.07. The highest BCUT2D eigenvalue weighted by molar-refractivity contribution is 5.17. The normalized spacial score (nSPS) is 27.9. The molecule has 0 fully saturated rings. The molecule has 1 aliphatic carbocycles. The summed E-state index contributed by atoms with van der Waals surface area (Å²) in [5.41, 5.74) is 2.91. The van der Waals surface area contributed by atoms with E-state index in [9.17, 15) is 0 Å². The summed E-state index contributed by atoms with van der Waals surface area (Å²) in [6.07, 6.45) is 8.19. The van der Waals surface area contributed by atoms with Crippen LogP contribution in [0, 0.1) is 17.3 Å². The van der Waals surface area contributed by atoms with Crippen molar-refractivity contribution in [2.75, 3.05) is 6.54 Å². The van der Waals surface area contributed by atoms with Gasteiger partial charge in [0.2, 0.25) is 0 Å². The lowest BCUT2D eigenvalue weighted by atomic mass is 9.64. The Labute approximate surface area is 107 Å². The zero-order valence-corrected chi connectivity index (χ0v) is 12.0. The van der Waals surface area contributed by atoms with Crippen molar-refractivity contribution in [2.24, 2.45) is 17.3 Å². The van der Waals surface area contributed by atoms with Gasteiger partial charge in [0, 0.05) is 12.2 Å². The zero-order valence-electron chi connectivity index (χ0n) is 12.0. The van der Waals surface area contributed by atoms with Crippen LogP contribution in [0.2, 0.25) is 0 Å². The SMILES string of the molecule is C=C(C)NC/C=C(\C)C1C(C)C=CCC1(C)C. The number of allylic oxidation sites excluding steroid dienone is 4. The van der Waals surface area contributed by atoms with Gasteiger partial charge in [-0.3, -0.25) is 0 Å². The third-order valence-electron chi connectivity index (χ3n) is 3.77. The second-order valence-electron chi connectivity index (χ2n) is 6.07. The molecule has 0 radical (unpaired) electrons. The summed E-state index contributed by atoms with van der Waals surface area (Å²) in [5.74, 6) is 1.29. The van der Waals surface area contributed by atoms with Crippen LogP contribution in [0.15, 0.2) is 36.1 Å². The van der Waals surface area contributed by atoms with Crippen LogP contribution < -0.4 is 5.32 Å². The van der Waals surface area contributed by atoms with Gasteiger partial charge in [0.15, 0.2) is 0 Å². The first-order valence-electron chi connectivity index (χ1n) is 6.57. The largest absolute Gasteiger partial charge is 0.386 e. The highest BCUT2D eigenvalue weighted by atomic mass is 14.9. The van der Waals surface area contributed by atoms with Crippen LogP contribution in [0.3, 0.4) is 0 Å². The Hall–Kier alpha value is -0.980. The van der Waals surface area contributed by atoms with Crippen LogP contribution in [0.1, 0.15) is 41.0 Å². The topological polar surface area (TPSA) is 12.0 Å². The van der Waals surface area contributed by atoms with Crippen molar-refractivity contribution in [3.63, 3.8) is 0 Å². The minimum absolute atomic E-state index is 0.373. The molecular weight excluding hydrogens is 206 g/mol. The maximum Gasteiger partial charge on any atom is 0.0330 e. The van der Waals surface area contributed by atoms with Gasteiger partial charge in [-0.2, -0.15) is 0 Å². The van der Waals surface area contributed by atoms with E-state index in [4.69, 9.17) is 0 Å². The lowest BCUT2D eigenvalue weighted by Crippen LogP contribution is -2.32. The molecule has 0 aromatic carbocycles. The molecule has 0 saturated carbocycles. The molecule has 0 saturated heterocycles. The summed E-state index contributed by atoms with van der Waals surface area (Å²) in [4.78, 5) is 0. The number of rotatable bonds is 4. The highest BCUT2D eigenvalue weighted by Crippen LogP contribution is 2.44. The fourth-order valence-corrected chi connectivity index (χ4v) is 3.08. The van der Waals surface area contributed by atoms with Gasteiger partial charge in [-0.1, -0.05) is 51.2 Å². The Kier molecular flexibility index (Phi) is 4.62. The molecule has 0 aromatic rings. The molecule has 17 heavy (non-hydrogen) atoms. The molecule has 0 heterocycles. The van der Waals surface area contributed by atoms with E-state index < -0.39 is 0 Å². The molecule has 0 spiro atoms. The van der Waals surface area contributed by atoms with Crippen molar-refractivity contribution < 1.29 is 0 Å². The van der Waals surface area contributed by atoms with E-state index in [-0.39, 0.29) is 0 Å². The van der Waals surface area contributed by atoms with Crippen molar-refractivity contribution in [2.45, 2.75) is 41.0 Å². The smallest absolute Gasteiger partial charge is 0.0330 e. The molecular formula is C16H27N. The summed E-state index contributed by atoms with van der Waals surface area (Å²) in [7, 11) is 0. The quantitative estimate of drug-likeness (QED) is 0.714. The predicted octanol–water partition coefficient (Wildman–Crippen LogP) is 4.29. The van der Waals surface area contributed by atoms with Gasteiger partial charge in [-0.15, -0.1) is 0 Å². The predicted molar refractivity (Wildman–Crippen MR) is 76.8 cm³/mol. The van der Waals surface area contributed by atoms with Crippen molar-refractivity contribution in [3.8, 4) is 0 Å². The van der Waals surface area contributed by atoms with Gasteiger partial charge in [0.1, 0.15) is 0 Å². The number of hydrogen-bond acceptors (Lipinski definition) is 1. The average Bonchev–Trinajstić information content (AvgIpc) is 2.15. The Morgan fingerprint density at radius 2 is 2.12 bits per heavy atom. The average molecular weight is 233 g/mol. The standard InChI is InChI=1S/C16H27N/c1-12(2)17-11-9-14(4)15-13(3)8-7-10-16(15,5)6/h7-9,13,15,17H,1,10-11H2,2-6H3/b14-9+. The Morgan fingerprint density at radius 3 is 2.65 bits per heavy atom. The van der Waals surface area contributed by atoms with Crippen LogP contribution in [-0.2, 0) is 0 Å². The van der Waals surface area contributed by atoms with Crippen LogP contribution in [0.4, 0.5) is 0 Å². The summed E-state index contributed by atoms with van der Waals surface area (Å²) in [6.45, 7) is 16.1. The fraction of sp³-hybridized carbons (Fsp3) is 0.625. The molecule has 1 rings (SSSR count). The second kappa shape index (κ2) is 5.57. The lowest BCUT2D eigenvalue weighted by molar-refractivity contribution is 0.195. The molecule has 0 aromatic heterocycles. The first-order chi connectivity index (χ1) is 7.84. The van der Waals surface area contributed by atoms with Crippen molar-refractivity contribution in [1.29, 1.82) is 0 Å². The first-order valence-corrected chi connectivity index (χ1v) is 6.57. The Bertz CT molecular complexity index is 333. The zero-order chi connectivity index (χ0) is 13.1. The van der Waals surface area contributed by atoms with E-state index in [1.165, 1.54) is 12.0 Å². The molecule has 0 bridgehead atoms. The van der Waals surface area contributed by atoms with Crippen LogP contribution in [-0.4, -0.2) is 6.54 Å². The van der Waals surface area contributed by atoms with E-state index >= 15 is 0 Å². The van der Waals surface area contributed by atoms with Crippen molar-refractivity contribution in [3.05, 3.63) is 36.1 Å². The lowest BCUT2D eigenvalue weighted by Gasteiger charge is -2.40. The fourth-order valence-electron chi connectivity index (χ4n) is 3.08. The van der Waals surface area contributed by atoms with E-state index in [0.717, 1.165) is 12.2 Å². The first kappa shape index (κ1) is 14.1. The molecule has 2 atom stereocenters. The van der Waals surface area contributed by atoms with E-state index in [1.54, 1.807) is 0 Å². The van der Waals surface area contributed by atoms with E-state index in [2.05, 4.69) is 57.8 Å². The molecule has 96 valence electrons. The summed E-state index contributed by atoms with van der Waals surface area (Å²) in [5, 5.41) is 3.27. The molecule has 1 nitrogen and oxygen atoms in total. The Balaban J connectivity index is 2.75. The van der Waals surface area contributed by atoms with Gasteiger partial charge >= 0.3 is 0 Å². The van der Waals surface area contributed by atoms with Crippen LogP contribution in [0.25, 0.3) is 0 Å². The summed E-state index contributed by atoms with van der Waals surface area (Å²) < 4.78 is 0. The molecule has 1 aliphatic rings. The number of nitrogens with one attached hydrogen (secondary N) is 1. The van der Waals surface area contributed by atoms with Crippen LogP contribution in [0.5, 0.6) is 0 Å². The molecule has 1 N–H and O–H groups in total. The van der Waals surface area contributed by atoms with Crippen molar-refractivity contribution in [1.82, 2.24) is 5.32 Å². The van der Waals surface area contributed by atoms with Gasteiger partial charge < -0.3 is 5.32 Å². The van der Waals surface area contributed by atoms with Crippen LogP contribution >= 0.6 is 0 Å². The maximum absolute atomic E-state index is 3.86.